The molecule has 0 saturated carbocycles. The quantitative estimate of drug-likeness (QED) is 0.584. The first-order chi connectivity index (χ1) is 13.5. The lowest BCUT2D eigenvalue weighted by Crippen LogP contribution is -2.33. The van der Waals surface area contributed by atoms with Crippen molar-refractivity contribution in [3.05, 3.63) is 28.3 Å². The molecule has 3 aromatic heterocycles. The summed E-state index contributed by atoms with van der Waals surface area (Å²) in [5.74, 6) is 0. The first kappa shape index (κ1) is 18.6. The topological polar surface area (TPSA) is 66.4 Å². The summed E-state index contributed by atoms with van der Waals surface area (Å²) in [6.07, 6.45) is 4.36. The lowest BCUT2D eigenvalue weighted by molar-refractivity contribution is -0.0483. The number of thiophene rings is 1. The maximum atomic E-state index is 6.35. The minimum absolute atomic E-state index is 0.219. The first-order valence-electron chi connectivity index (χ1n) is 9.58. The molecule has 0 aliphatic carbocycles. The highest BCUT2D eigenvalue weighted by Gasteiger charge is 2.31. The van der Waals surface area contributed by atoms with E-state index < -0.39 is 0 Å². The van der Waals surface area contributed by atoms with Crippen LogP contribution in [0.15, 0.2) is 6.33 Å². The molecule has 0 N–H and O–H groups in total. The van der Waals surface area contributed by atoms with Gasteiger partial charge >= 0.3 is 0 Å². The largest absolute Gasteiger partial charge is 0.381 e. The van der Waals surface area contributed by atoms with Gasteiger partial charge in [0.15, 0.2) is 0 Å². The number of halogens is 1. The van der Waals surface area contributed by atoms with Crippen LogP contribution in [-0.2, 0) is 33.8 Å². The predicted molar refractivity (Wildman–Crippen MR) is 109 cm³/mol. The van der Waals surface area contributed by atoms with Gasteiger partial charge in [0.2, 0.25) is 0 Å². The molecule has 0 aromatic carbocycles. The van der Waals surface area contributed by atoms with Crippen molar-refractivity contribution >= 4 is 43.4 Å². The molecule has 148 valence electrons. The maximum Gasteiger partial charge on any atom is 0.150 e. The minimum atomic E-state index is -0.222. The van der Waals surface area contributed by atoms with Gasteiger partial charge in [-0.15, -0.1) is 11.3 Å². The predicted octanol–water partition coefficient (Wildman–Crippen LogP) is 4.44. The molecule has 1 saturated heterocycles. The van der Waals surface area contributed by atoms with Crippen LogP contribution < -0.4 is 0 Å². The summed E-state index contributed by atoms with van der Waals surface area (Å²) in [7, 11) is 0. The molecule has 3 aromatic rings. The van der Waals surface area contributed by atoms with Crippen molar-refractivity contribution < 1.29 is 14.2 Å². The van der Waals surface area contributed by atoms with Crippen LogP contribution in [0.3, 0.4) is 0 Å². The fourth-order valence-corrected chi connectivity index (χ4v) is 5.29. The molecule has 0 atom stereocenters. The highest BCUT2D eigenvalue weighted by Crippen LogP contribution is 2.41. The maximum absolute atomic E-state index is 6.35. The van der Waals surface area contributed by atoms with Crippen LogP contribution >= 0.6 is 22.9 Å². The van der Waals surface area contributed by atoms with E-state index in [2.05, 4.69) is 23.8 Å². The molecular formula is C20H22ClN3O3S. The fraction of sp³-hybridized carbons (Fsp3) is 0.550. The SMILES string of the molecule is CC1(C)Cc2nc3sc4c(Cl)ncnc4c3c(COC3CCOCC3)c2CO1. The molecule has 6 nitrogen and oxygen atoms in total. The van der Waals surface area contributed by atoms with Crippen LogP contribution in [0.25, 0.3) is 20.4 Å². The van der Waals surface area contributed by atoms with E-state index in [1.54, 1.807) is 11.3 Å². The Morgan fingerprint density at radius 2 is 2.11 bits per heavy atom. The third-order valence-corrected chi connectivity index (χ3v) is 6.97. The Bertz CT molecular complexity index is 1050. The molecule has 8 heteroatoms. The molecule has 1 fully saturated rings. The standard InChI is InChI=1S/C20H22ClN3O3S/c1-20(2)7-14-12(9-27-20)13(8-26-11-3-5-25-6-4-11)15-16-17(28-19(15)24-14)18(21)23-10-22-16/h10-11H,3-9H2,1-2H3. The molecule has 2 aliphatic rings. The lowest BCUT2D eigenvalue weighted by Gasteiger charge is -2.32. The molecule has 5 heterocycles. The van der Waals surface area contributed by atoms with Crippen LogP contribution in [0.5, 0.6) is 0 Å². The van der Waals surface area contributed by atoms with Crippen LogP contribution in [0.1, 0.15) is 43.5 Å². The molecule has 0 radical (unpaired) electrons. The van der Waals surface area contributed by atoms with Crippen molar-refractivity contribution in [1.82, 2.24) is 15.0 Å². The number of nitrogens with zero attached hydrogens (tertiary/aromatic N) is 3. The van der Waals surface area contributed by atoms with Gasteiger partial charge in [-0.1, -0.05) is 11.6 Å². The van der Waals surface area contributed by atoms with E-state index in [9.17, 15) is 0 Å². The number of pyridine rings is 1. The average Bonchev–Trinajstić information content (AvgIpc) is 3.05. The molecule has 0 bridgehead atoms. The van der Waals surface area contributed by atoms with E-state index in [1.165, 1.54) is 6.33 Å². The number of hydrogen-bond donors (Lipinski definition) is 0. The molecule has 0 unspecified atom stereocenters. The molecule has 0 spiro atoms. The number of aromatic nitrogens is 3. The molecule has 28 heavy (non-hydrogen) atoms. The summed E-state index contributed by atoms with van der Waals surface area (Å²) < 4.78 is 18.8. The summed E-state index contributed by atoms with van der Waals surface area (Å²) in [5.41, 5.74) is 3.98. The highest BCUT2D eigenvalue weighted by molar-refractivity contribution is 7.26. The second-order valence-electron chi connectivity index (χ2n) is 7.99. The van der Waals surface area contributed by atoms with Crippen molar-refractivity contribution in [3.8, 4) is 0 Å². The zero-order valence-corrected chi connectivity index (χ0v) is 17.5. The van der Waals surface area contributed by atoms with Crippen molar-refractivity contribution in [2.45, 2.75) is 58.0 Å². The van der Waals surface area contributed by atoms with Crippen molar-refractivity contribution in [2.24, 2.45) is 0 Å². The van der Waals surface area contributed by atoms with Crippen molar-refractivity contribution in [2.75, 3.05) is 13.2 Å². The van der Waals surface area contributed by atoms with Gasteiger partial charge in [0.25, 0.3) is 0 Å². The van der Waals surface area contributed by atoms with Crippen LogP contribution in [0.4, 0.5) is 0 Å². The highest BCUT2D eigenvalue weighted by atomic mass is 35.5. The second-order valence-corrected chi connectivity index (χ2v) is 9.34. The van der Waals surface area contributed by atoms with Crippen molar-refractivity contribution in [3.63, 3.8) is 0 Å². The summed E-state index contributed by atoms with van der Waals surface area (Å²) in [6, 6.07) is 0. The van der Waals surface area contributed by atoms with E-state index in [-0.39, 0.29) is 11.7 Å². The third-order valence-electron chi connectivity index (χ3n) is 5.49. The van der Waals surface area contributed by atoms with Crippen LogP contribution in [-0.4, -0.2) is 39.9 Å². The van der Waals surface area contributed by atoms with Crippen LogP contribution in [0, 0.1) is 0 Å². The normalized spacial score (nSPS) is 20.0. The zero-order chi connectivity index (χ0) is 19.3. The Morgan fingerprint density at radius 3 is 2.93 bits per heavy atom. The summed E-state index contributed by atoms with van der Waals surface area (Å²) in [5, 5.41) is 1.50. The minimum Gasteiger partial charge on any atom is -0.381 e. The molecular weight excluding hydrogens is 398 g/mol. The molecule has 2 aliphatic heterocycles. The van der Waals surface area contributed by atoms with Gasteiger partial charge in [-0.3, -0.25) is 0 Å². The van der Waals surface area contributed by atoms with Gasteiger partial charge in [-0.25, -0.2) is 15.0 Å². The molecule has 5 rings (SSSR count). The van der Waals surface area contributed by atoms with Gasteiger partial charge in [0.05, 0.1) is 40.8 Å². The van der Waals surface area contributed by atoms with E-state index >= 15 is 0 Å². The van der Waals surface area contributed by atoms with E-state index in [4.69, 9.17) is 30.8 Å². The Balaban J connectivity index is 1.65. The number of hydrogen-bond acceptors (Lipinski definition) is 7. The number of fused-ring (bicyclic) bond motifs is 4. The third kappa shape index (κ3) is 3.29. The fourth-order valence-electron chi connectivity index (χ4n) is 3.98. The first-order valence-corrected chi connectivity index (χ1v) is 10.8. The summed E-state index contributed by atoms with van der Waals surface area (Å²) >= 11 is 7.90. The summed E-state index contributed by atoms with van der Waals surface area (Å²) in [4.78, 5) is 14.6. The van der Waals surface area contributed by atoms with Crippen LogP contribution in [0.2, 0.25) is 5.15 Å². The van der Waals surface area contributed by atoms with Gasteiger partial charge in [0, 0.05) is 30.6 Å². The van der Waals surface area contributed by atoms with Crippen molar-refractivity contribution in [1.29, 1.82) is 0 Å². The smallest absolute Gasteiger partial charge is 0.150 e. The second kappa shape index (κ2) is 7.15. The van der Waals surface area contributed by atoms with E-state index in [0.29, 0.717) is 18.4 Å². The van der Waals surface area contributed by atoms with E-state index in [0.717, 1.165) is 69.7 Å². The van der Waals surface area contributed by atoms with Gasteiger partial charge in [0.1, 0.15) is 16.3 Å². The van der Waals surface area contributed by atoms with E-state index in [1.807, 2.05) is 0 Å². The Morgan fingerprint density at radius 1 is 1.29 bits per heavy atom. The average molecular weight is 420 g/mol. The van der Waals surface area contributed by atoms with Gasteiger partial charge in [-0.05, 0) is 32.3 Å². The Hall–Kier alpha value is -1.38. The van der Waals surface area contributed by atoms with Gasteiger partial charge < -0.3 is 14.2 Å². The lowest BCUT2D eigenvalue weighted by atomic mass is 9.92. The number of ether oxygens (including phenoxy) is 3. The zero-order valence-electron chi connectivity index (χ0n) is 16.0. The Labute approximate surface area is 172 Å². The Kier molecular flexibility index (Phi) is 4.76. The summed E-state index contributed by atoms with van der Waals surface area (Å²) in [6.45, 7) is 6.78. The number of rotatable bonds is 3. The monoisotopic (exact) mass is 419 g/mol. The molecule has 0 amide bonds. The van der Waals surface area contributed by atoms with Gasteiger partial charge in [-0.2, -0.15) is 0 Å².